The summed E-state index contributed by atoms with van der Waals surface area (Å²) < 4.78 is 4.53. The lowest BCUT2D eigenvalue weighted by Gasteiger charge is -2.14. The molecule has 1 amide bonds. The van der Waals surface area contributed by atoms with Crippen LogP contribution in [0.25, 0.3) is 0 Å². The van der Waals surface area contributed by atoms with Crippen LogP contribution in [-0.4, -0.2) is 53.6 Å². The van der Waals surface area contributed by atoms with Crippen molar-refractivity contribution < 1.29 is 24.6 Å². The molecule has 0 radical (unpaired) electrons. The highest BCUT2D eigenvalue weighted by atomic mass is 16.5. The Labute approximate surface area is 93.7 Å². The summed E-state index contributed by atoms with van der Waals surface area (Å²) in [5.41, 5.74) is 5.28. The van der Waals surface area contributed by atoms with Crippen molar-refractivity contribution in [2.24, 2.45) is 5.73 Å². The molecule has 0 saturated heterocycles. The van der Waals surface area contributed by atoms with Gasteiger partial charge in [-0.2, -0.15) is 0 Å². The summed E-state index contributed by atoms with van der Waals surface area (Å²) in [4.78, 5) is 21.2. The highest BCUT2D eigenvalue weighted by Gasteiger charge is 2.10. The number of amides is 1. The van der Waals surface area contributed by atoms with E-state index < -0.39 is 25.1 Å². The van der Waals surface area contributed by atoms with Crippen LogP contribution in [0.2, 0.25) is 0 Å². The zero-order chi connectivity index (χ0) is 12.4. The van der Waals surface area contributed by atoms with Gasteiger partial charge in [0.15, 0.2) is 0 Å². The minimum absolute atomic E-state index is 0.204. The van der Waals surface area contributed by atoms with Gasteiger partial charge in [0.1, 0.15) is 13.2 Å². The first kappa shape index (κ1) is 14.8. The zero-order valence-electron chi connectivity index (χ0n) is 9.09. The van der Waals surface area contributed by atoms with E-state index >= 15 is 0 Å². The number of hydrogen-bond donors (Lipinski definition) is 3. The number of aliphatic carboxylic acids is 1. The largest absolute Gasteiger partial charge is 0.480 e. The van der Waals surface area contributed by atoms with Gasteiger partial charge in [-0.3, -0.25) is 10.0 Å². The van der Waals surface area contributed by atoms with Crippen molar-refractivity contribution in [3.05, 3.63) is 0 Å². The number of hydroxylamine groups is 2. The summed E-state index contributed by atoms with van der Waals surface area (Å²) in [7, 11) is 0. The number of hydrogen-bond acceptors (Lipinski definition) is 5. The number of nitrogens with zero attached hydrogens (tertiary/aromatic N) is 1. The van der Waals surface area contributed by atoms with E-state index in [4.69, 9.17) is 10.8 Å². The molecular formula is C9H18N2O5. The van der Waals surface area contributed by atoms with Crippen molar-refractivity contribution in [2.45, 2.75) is 19.3 Å². The van der Waals surface area contributed by atoms with Crippen molar-refractivity contribution in [3.63, 3.8) is 0 Å². The zero-order valence-corrected chi connectivity index (χ0v) is 9.09. The Morgan fingerprint density at radius 2 is 1.88 bits per heavy atom. The Hall–Kier alpha value is -1.18. The lowest BCUT2D eigenvalue weighted by atomic mass is 10.2. The summed E-state index contributed by atoms with van der Waals surface area (Å²) >= 11 is 0. The van der Waals surface area contributed by atoms with E-state index in [1.807, 2.05) is 0 Å². The van der Waals surface area contributed by atoms with E-state index in [0.29, 0.717) is 18.0 Å². The van der Waals surface area contributed by atoms with E-state index in [1.165, 1.54) is 0 Å². The predicted molar refractivity (Wildman–Crippen MR) is 54.9 cm³/mol. The number of rotatable bonds is 9. The molecule has 0 unspecified atom stereocenters. The van der Waals surface area contributed by atoms with Crippen molar-refractivity contribution in [1.29, 1.82) is 0 Å². The van der Waals surface area contributed by atoms with Crippen LogP contribution < -0.4 is 5.73 Å². The number of carboxylic acids is 1. The molecule has 7 heteroatoms. The molecule has 0 heterocycles. The fourth-order valence-electron chi connectivity index (χ4n) is 1.01. The molecule has 7 nitrogen and oxygen atoms in total. The van der Waals surface area contributed by atoms with Crippen molar-refractivity contribution in [2.75, 3.05) is 26.3 Å². The normalized spacial score (nSPS) is 10.1. The maximum Gasteiger partial charge on any atom is 0.329 e. The van der Waals surface area contributed by atoms with E-state index in [1.54, 1.807) is 0 Å². The molecule has 0 aliphatic rings. The molecular weight excluding hydrogens is 216 g/mol. The second-order valence-electron chi connectivity index (χ2n) is 3.25. The van der Waals surface area contributed by atoms with Gasteiger partial charge in [0.05, 0.1) is 0 Å². The summed E-state index contributed by atoms with van der Waals surface area (Å²) in [6.07, 6.45) is 2.33. The molecule has 0 rings (SSSR count). The first-order valence-electron chi connectivity index (χ1n) is 5.06. The lowest BCUT2D eigenvalue weighted by Crippen LogP contribution is -2.32. The third-order valence-electron chi connectivity index (χ3n) is 1.81. The monoisotopic (exact) mass is 234 g/mol. The van der Waals surface area contributed by atoms with Crippen LogP contribution in [0.5, 0.6) is 0 Å². The van der Waals surface area contributed by atoms with E-state index in [2.05, 4.69) is 4.74 Å². The molecule has 0 spiro atoms. The smallest absolute Gasteiger partial charge is 0.329 e. The average Bonchev–Trinajstić information content (AvgIpc) is 2.23. The fraction of sp³-hybridized carbons (Fsp3) is 0.778. The first-order valence-corrected chi connectivity index (χ1v) is 5.06. The van der Waals surface area contributed by atoms with Crippen LogP contribution in [-0.2, 0) is 14.3 Å². The fourth-order valence-corrected chi connectivity index (χ4v) is 1.01. The molecule has 4 N–H and O–H groups in total. The van der Waals surface area contributed by atoms with E-state index in [9.17, 15) is 14.8 Å². The van der Waals surface area contributed by atoms with E-state index in [-0.39, 0.29) is 6.54 Å². The molecule has 0 bridgehead atoms. The van der Waals surface area contributed by atoms with Crippen LogP contribution in [0.4, 0.5) is 0 Å². The summed E-state index contributed by atoms with van der Waals surface area (Å²) in [5.74, 6) is -1.80. The van der Waals surface area contributed by atoms with Gasteiger partial charge in [-0.05, 0) is 19.4 Å². The van der Waals surface area contributed by atoms with Crippen LogP contribution in [0.15, 0.2) is 0 Å². The number of carboxylic acid groups (broad SMARTS) is 1. The van der Waals surface area contributed by atoms with Gasteiger partial charge in [0, 0.05) is 6.54 Å². The molecule has 94 valence electrons. The predicted octanol–water partition coefficient (Wildman–Crippen LogP) is -0.566. The van der Waals surface area contributed by atoms with Crippen LogP contribution in [0.1, 0.15) is 19.3 Å². The minimum atomic E-state index is -1.15. The number of carbonyl (C=O) groups is 2. The number of nitrogens with two attached hydrogens (primary N) is 1. The number of ether oxygens (including phenoxy) is 1. The standard InChI is InChI=1S/C9H18N2O5/c10-4-2-1-3-5-11(15)8(12)6-16-7-9(13)14/h15H,1-7,10H2,(H,13,14). The molecule has 16 heavy (non-hydrogen) atoms. The van der Waals surface area contributed by atoms with E-state index in [0.717, 1.165) is 12.8 Å². The van der Waals surface area contributed by atoms with Crippen molar-refractivity contribution in [1.82, 2.24) is 5.06 Å². The molecule has 0 atom stereocenters. The maximum atomic E-state index is 11.1. The summed E-state index contributed by atoms with van der Waals surface area (Å²) in [6, 6.07) is 0. The molecule has 0 saturated carbocycles. The van der Waals surface area contributed by atoms with Gasteiger partial charge in [0.25, 0.3) is 5.91 Å². The lowest BCUT2D eigenvalue weighted by molar-refractivity contribution is -0.171. The molecule has 0 aliphatic carbocycles. The van der Waals surface area contributed by atoms with Gasteiger partial charge < -0.3 is 15.6 Å². The Kier molecular flexibility index (Phi) is 8.41. The Bertz CT molecular complexity index is 222. The first-order chi connectivity index (χ1) is 7.57. The molecule has 0 aromatic rings. The van der Waals surface area contributed by atoms with Gasteiger partial charge in [-0.25, -0.2) is 9.86 Å². The third kappa shape index (κ3) is 8.16. The van der Waals surface area contributed by atoms with Crippen LogP contribution in [0, 0.1) is 0 Å². The van der Waals surface area contributed by atoms with Crippen molar-refractivity contribution >= 4 is 11.9 Å². The number of unbranched alkanes of at least 4 members (excludes halogenated alkanes) is 2. The molecule has 0 fully saturated rings. The Morgan fingerprint density at radius 1 is 1.19 bits per heavy atom. The highest BCUT2D eigenvalue weighted by molar-refractivity contribution is 5.76. The quantitative estimate of drug-likeness (QED) is 0.280. The Morgan fingerprint density at radius 3 is 2.44 bits per heavy atom. The molecule has 0 aromatic carbocycles. The Balaban J connectivity index is 3.53. The topological polar surface area (TPSA) is 113 Å². The number of carbonyl (C=O) groups excluding carboxylic acids is 1. The minimum Gasteiger partial charge on any atom is -0.480 e. The van der Waals surface area contributed by atoms with Gasteiger partial charge >= 0.3 is 5.97 Å². The highest BCUT2D eigenvalue weighted by Crippen LogP contribution is 1.96. The summed E-state index contributed by atoms with van der Waals surface area (Å²) in [5, 5.41) is 18.0. The van der Waals surface area contributed by atoms with Crippen LogP contribution in [0.3, 0.4) is 0 Å². The SMILES string of the molecule is NCCCCCN(O)C(=O)COCC(=O)O. The third-order valence-corrected chi connectivity index (χ3v) is 1.81. The van der Waals surface area contributed by atoms with Gasteiger partial charge in [-0.15, -0.1) is 0 Å². The molecule has 0 aromatic heterocycles. The molecule has 0 aliphatic heterocycles. The van der Waals surface area contributed by atoms with Crippen LogP contribution >= 0.6 is 0 Å². The second-order valence-corrected chi connectivity index (χ2v) is 3.25. The van der Waals surface area contributed by atoms with Gasteiger partial charge in [-0.1, -0.05) is 6.42 Å². The average molecular weight is 234 g/mol. The van der Waals surface area contributed by atoms with Gasteiger partial charge in [0.2, 0.25) is 0 Å². The van der Waals surface area contributed by atoms with Crippen molar-refractivity contribution in [3.8, 4) is 0 Å². The second kappa shape index (κ2) is 9.08. The summed E-state index contributed by atoms with van der Waals surface area (Å²) in [6.45, 7) is -0.192. The maximum absolute atomic E-state index is 11.1.